The maximum absolute atomic E-state index is 12.6. The van der Waals surface area contributed by atoms with Gasteiger partial charge in [0.15, 0.2) is 0 Å². The second-order valence-corrected chi connectivity index (χ2v) is 7.89. The highest BCUT2D eigenvalue weighted by Gasteiger charge is 2.31. The van der Waals surface area contributed by atoms with Crippen LogP contribution in [-0.4, -0.2) is 30.3 Å². The van der Waals surface area contributed by atoms with E-state index in [4.69, 9.17) is 4.74 Å². The molecule has 7 nitrogen and oxygen atoms in total. The summed E-state index contributed by atoms with van der Waals surface area (Å²) in [5.41, 5.74) is 2.18. The van der Waals surface area contributed by atoms with Crippen molar-refractivity contribution in [1.29, 1.82) is 0 Å². The van der Waals surface area contributed by atoms with Crippen molar-refractivity contribution in [2.75, 3.05) is 11.4 Å². The number of carbonyl (C=O) groups is 3. The lowest BCUT2D eigenvalue weighted by Gasteiger charge is -2.18. The Morgan fingerprint density at radius 3 is 2.27 bits per heavy atom. The van der Waals surface area contributed by atoms with Crippen molar-refractivity contribution in [3.8, 4) is 11.5 Å². The molecule has 3 amide bonds. The van der Waals surface area contributed by atoms with Gasteiger partial charge in [-0.2, -0.15) is 0 Å². The van der Waals surface area contributed by atoms with Crippen molar-refractivity contribution in [2.24, 2.45) is 0 Å². The first-order valence-electron chi connectivity index (χ1n) is 10.8. The van der Waals surface area contributed by atoms with Gasteiger partial charge in [-0.1, -0.05) is 30.3 Å². The van der Waals surface area contributed by atoms with Crippen molar-refractivity contribution in [3.63, 3.8) is 0 Å². The number of carbonyl (C=O) groups excluding carboxylic acids is 3. The highest BCUT2D eigenvalue weighted by molar-refractivity contribution is 5.99. The molecule has 4 rings (SSSR count). The molecule has 0 saturated carbocycles. The molecule has 3 aromatic carbocycles. The Morgan fingerprint density at radius 1 is 0.939 bits per heavy atom. The van der Waals surface area contributed by atoms with Crippen molar-refractivity contribution >= 4 is 23.4 Å². The molecule has 7 heteroatoms. The summed E-state index contributed by atoms with van der Waals surface area (Å²) in [6.45, 7) is 2.28. The summed E-state index contributed by atoms with van der Waals surface area (Å²) >= 11 is 0. The summed E-state index contributed by atoms with van der Waals surface area (Å²) in [6, 6.07) is 23.6. The van der Waals surface area contributed by atoms with E-state index in [9.17, 15) is 14.4 Å². The van der Waals surface area contributed by atoms with Gasteiger partial charge in [0.05, 0.1) is 6.04 Å². The van der Waals surface area contributed by atoms with E-state index in [1.165, 1.54) is 6.92 Å². The van der Waals surface area contributed by atoms with E-state index >= 15 is 0 Å². The Morgan fingerprint density at radius 2 is 1.61 bits per heavy atom. The number of hydrogen-bond donors (Lipinski definition) is 2. The topological polar surface area (TPSA) is 87.7 Å². The molecule has 2 N–H and O–H groups in total. The monoisotopic (exact) mass is 443 g/mol. The van der Waals surface area contributed by atoms with Gasteiger partial charge in [0, 0.05) is 37.7 Å². The van der Waals surface area contributed by atoms with Crippen molar-refractivity contribution in [2.45, 2.75) is 25.9 Å². The molecule has 0 aromatic heterocycles. The zero-order chi connectivity index (χ0) is 23.2. The van der Waals surface area contributed by atoms with Gasteiger partial charge < -0.3 is 20.3 Å². The zero-order valence-electron chi connectivity index (χ0n) is 18.3. The van der Waals surface area contributed by atoms with Crippen LogP contribution in [0.3, 0.4) is 0 Å². The lowest BCUT2D eigenvalue weighted by molar-refractivity contribution is -0.119. The highest BCUT2D eigenvalue weighted by atomic mass is 16.5. The van der Waals surface area contributed by atoms with Crippen molar-refractivity contribution < 1.29 is 19.1 Å². The van der Waals surface area contributed by atoms with E-state index in [0.717, 1.165) is 17.0 Å². The van der Waals surface area contributed by atoms with Crippen LogP contribution in [0.25, 0.3) is 0 Å². The Hall–Kier alpha value is -4.13. The fourth-order valence-corrected chi connectivity index (χ4v) is 3.64. The van der Waals surface area contributed by atoms with E-state index in [0.29, 0.717) is 24.4 Å². The van der Waals surface area contributed by atoms with E-state index < -0.39 is 0 Å². The van der Waals surface area contributed by atoms with Crippen LogP contribution < -0.4 is 20.3 Å². The summed E-state index contributed by atoms with van der Waals surface area (Å²) in [7, 11) is 0. The molecule has 0 bridgehead atoms. The average Bonchev–Trinajstić information content (AvgIpc) is 3.19. The summed E-state index contributed by atoms with van der Waals surface area (Å²) in [6.07, 6.45) is 0.245. The quantitative estimate of drug-likeness (QED) is 0.584. The number of ether oxygens (including phenoxy) is 1. The molecule has 0 spiro atoms. The fourth-order valence-electron chi connectivity index (χ4n) is 3.64. The number of benzene rings is 3. The van der Waals surface area contributed by atoms with E-state index in [1.807, 2.05) is 54.6 Å². The molecular formula is C26H25N3O4. The maximum Gasteiger partial charge on any atom is 0.251 e. The molecule has 1 fully saturated rings. The van der Waals surface area contributed by atoms with Crippen LogP contribution in [0.1, 0.15) is 29.3 Å². The van der Waals surface area contributed by atoms with Crippen LogP contribution >= 0.6 is 0 Å². The fraction of sp³-hybridized carbons (Fsp3) is 0.192. The van der Waals surface area contributed by atoms with Gasteiger partial charge >= 0.3 is 0 Å². The lowest BCUT2D eigenvalue weighted by Crippen LogP contribution is -2.37. The van der Waals surface area contributed by atoms with Crippen LogP contribution in [0, 0.1) is 0 Å². The SMILES string of the molecule is CC(=O)NCc1ccc(C(=O)NC2CC(=O)N(c3ccc(Oc4ccccc4)cc3)C2)cc1. The van der Waals surface area contributed by atoms with Gasteiger partial charge in [0.25, 0.3) is 5.91 Å². The minimum absolute atomic E-state index is 0.0392. The van der Waals surface area contributed by atoms with Gasteiger partial charge in [-0.05, 0) is 54.1 Å². The number of nitrogens with one attached hydrogen (secondary N) is 2. The third-order valence-electron chi connectivity index (χ3n) is 5.35. The van der Waals surface area contributed by atoms with Crippen LogP contribution in [0.4, 0.5) is 5.69 Å². The average molecular weight is 444 g/mol. The lowest BCUT2D eigenvalue weighted by atomic mass is 10.1. The number of rotatable bonds is 7. The minimum atomic E-state index is -0.274. The number of amides is 3. The minimum Gasteiger partial charge on any atom is -0.457 e. The van der Waals surface area contributed by atoms with E-state index in [2.05, 4.69) is 10.6 Å². The summed E-state index contributed by atoms with van der Waals surface area (Å²) in [4.78, 5) is 37.9. The predicted octanol–water partition coefficient (Wildman–Crippen LogP) is 3.65. The normalized spacial score (nSPS) is 15.2. The molecule has 1 atom stereocenters. The van der Waals surface area contributed by atoms with Crippen LogP contribution in [0.15, 0.2) is 78.9 Å². The molecule has 1 aliphatic rings. The largest absolute Gasteiger partial charge is 0.457 e. The predicted molar refractivity (Wildman–Crippen MR) is 125 cm³/mol. The second-order valence-electron chi connectivity index (χ2n) is 7.89. The Balaban J connectivity index is 1.33. The van der Waals surface area contributed by atoms with Gasteiger partial charge in [-0.15, -0.1) is 0 Å². The Labute approximate surface area is 192 Å². The van der Waals surface area contributed by atoms with Gasteiger partial charge in [-0.25, -0.2) is 0 Å². The first-order valence-corrected chi connectivity index (χ1v) is 10.8. The maximum atomic E-state index is 12.6. The molecule has 3 aromatic rings. The summed E-state index contributed by atoms with van der Waals surface area (Å²) in [5, 5.41) is 5.66. The van der Waals surface area contributed by atoms with Crippen LogP contribution in [0.5, 0.6) is 11.5 Å². The standard InChI is InChI=1S/C26H25N3O4/c1-18(30)27-16-19-7-9-20(10-8-19)26(32)28-21-15-25(31)29(17-21)22-11-13-24(14-12-22)33-23-5-3-2-4-6-23/h2-14,21H,15-17H2,1H3,(H,27,30)(H,28,32). The first kappa shape index (κ1) is 22.1. The number of para-hydroxylation sites is 1. The second kappa shape index (κ2) is 9.99. The third kappa shape index (κ3) is 5.77. The van der Waals surface area contributed by atoms with E-state index in [-0.39, 0.29) is 30.2 Å². The van der Waals surface area contributed by atoms with Gasteiger partial charge in [0.1, 0.15) is 11.5 Å². The van der Waals surface area contributed by atoms with Crippen LogP contribution in [0.2, 0.25) is 0 Å². The molecule has 1 saturated heterocycles. The molecule has 1 aliphatic heterocycles. The summed E-state index contributed by atoms with van der Waals surface area (Å²) in [5.74, 6) is 1.05. The molecule has 168 valence electrons. The summed E-state index contributed by atoms with van der Waals surface area (Å²) < 4.78 is 5.80. The Bertz CT molecular complexity index is 1130. The van der Waals surface area contributed by atoms with Gasteiger partial charge in [-0.3, -0.25) is 14.4 Å². The number of hydrogen-bond acceptors (Lipinski definition) is 4. The van der Waals surface area contributed by atoms with Gasteiger partial charge in [0.2, 0.25) is 11.8 Å². The Kier molecular flexibility index (Phi) is 6.69. The smallest absolute Gasteiger partial charge is 0.251 e. The first-order chi connectivity index (χ1) is 16.0. The molecule has 1 unspecified atom stereocenters. The zero-order valence-corrected chi connectivity index (χ0v) is 18.3. The molecule has 33 heavy (non-hydrogen) atoms. The highest BCUT2D eigenvalue weighted by Crippen LogP contribution is 2.27. The molecule has 0 radical (unpaired) electrons. The van der Waals surface area contributed by atoms with Crippen LogP contribution in [-0.2, 0) is 16.1 Å². The van der Waals surface area contributed by atoms with Crippen molar-refractivity contribution in [3.05, 3.63) is 90.0 Å². The molecule has 1 heterocycles. The third-order valence-corrected chi connectivity index (χ3v) is 5.35. The number of anilines is 1. The van der Waals surface area contributed by atoms with E-state index in [1.54, 1.807) is 29.2 Å². The molecule has 0 aliphatic carbocycles. The number of nitrogens with zero attached hydrogens (tertiary/aromatic N) is 1. The van der Waals surface area contributed by atoms with Crippen molar-refractivity contribution in [1.82, 2.24) is 10.6 Å². The molecular weight excluding hydrogens is 418 g/mol.